The molecule has 32 heavy (non-hydrogen) atoms. The van der Waals surface area contributed by atoms with Crippen molar-refractivity contribution in [3.63, 3.8) is 0 Å². The number of benzene rings is 2. The number of amides is 1. The van der Waals surface area contributed by atoms with Crippen LogP contribution in [0.25, 0.3) is 0 Å². The molecule has 8 heteroatoms. The van der Waals surface area contributed by atoms with Crippen molar-refractivity contribution in [2.75, 3.05) is 27.4 Å². The third kappa shape index (κ3) is 6.54. The Hall–Kier alpha value is -2.42. The van der Waals surface area contributed by atoms with Gasteiger partial charge in [0.05, 0.1) is 4.90 Å². The van der Waals surface area contributed by atoms with Gasteiger partial charge in [0, 0.05) is 18.2 Å². The highest BCUT2D eigenvalue weighted by molar-refractivity contribution is 7.86. The largest absolute Gasteiger partial charge is 0.466 e. The molecule has 1 aliphatic carbocycles. The predicted molar refractivity (Wildman–Crippen MR) is 123 cm³/mol. The van der Waals surface area contributed by atoms with Crippen LogP contribution in [0.4, 0.5) is 0 Å². The highest BCUT2D eigenvalue weighted by Gasteiger charge is 2.27. The van der Waals surface area contributed by atoms with Gasteiger partial charge in [0.25, 0.3) is 16.0 Å². The molecule has 174 valence electrons. The van der Waals surface area contributed by atoms with Gasteiger partial charge in [0.1, 0.15) is 5.75 Å². The van der Waals surface area contributed by atoms with Crippen LogP contribution in [0.3, 0.4) is 0 Å². The van der Waals surface area contributed by atoms with Gasteiger partial charge in [-0.15, -0.1) is 0 Å². The van der Waals surface area contributed by atoms with Crippen molar-refractivity contribution in [1.82, 2.24) is 10.2 Å². The molecule has 7 nitrogen and oxygen atoms in total. The zero-order valence-corrected chi connectivity index (χ0v) is 19.7. The SMILES string of the molecule is Cc1ccc(S(=O)(=O)OCOc2cccc(C(=O)NCC3CCCCC3N(C)C)c2)cc1. The first-order valence-electron chi connectivity index (χ1n) is 10.9. The van der Waals surface area contributed by atoms with Gasteiger partial charge < -0.3 is 15.0 Å². The molecular weight excluding hydrogens is 428 g/mol. The first-order valence-corrected chi connectivity index (χ1v) is 12.3. The van der Waals surface area contributed by atoms with Crippen LogP contribution in [0.2, 0.25) is 0 Å². The molecule has 1 N–H and O–H groups in total. The lowest BCUT2D eigenvalue weighted by molar-refractivity contribution is 0.0917. The second-order valence-electron chi connectivity index (χ2n) is 8.46. The van der Waals surface area contributed by atoms with Crippen molar-refractivity contribution >= 4 is 16.0 Å². The topological polar surface area (TPSA) is 84.9 Å². The maximum absolute atomic E-state index is 12.7. The van der Waals surface area contributed by atoms with E-state index >= 15 is 0 Å². The first kappa shape index (κ1) is 24.2. The lowest BCUT2D eigenvalue weighted by atomic mass is 9.84. The fraction of sp³-hybridized carbons (Fsp3) is 0.458. The third-order valence-corrected chi connectivity index (χ3v) is 7.15. The van der Waals surface area contributed by atoms with Gasteiger partial charge in [-0.1, -0.05) is 36.6 Å². The normalized spacial score (nSPS) is 19.0. The number of rotatable bonds is 9. The number of carbonyl (C=O) groups excluding carboxylic acids is 1. The van der Waals surface area contributed by atoms with E-state index in [4.69, 9.17) is 8.92 Å². The molecule has 1 saturated carbocycles. The Balaban J connectivity index is 1.53. The molecule has 3 rings (SSSR count). The van der Waals surface area contributed by atoms with Crippen molar-refractivity contribution in [2.45, 2.75) is 43.5 Å². The summed E-state index contributed by atoms with van der Waals surface area (Å²) in [4.78, 5) is 15.0. The molecule has 1 aliphatic rings. The van der Waals surface area contributed by atoms with Crippen molar-refractivity contribution in [3.8, 4) is 5.75 Å². The summed E-state index contributed by atoms with van der Waals surface area (Å²) in [6.07, 6.45) is 4.69. The molecule has 0 bridgehead atoms. The maximum atomic E-state index is 12.7. The summed E-state index contributed by atoms with van der Waals surface area (Å²) in [6.45, 7) is 2.03. The van der Waals surface area contributed by atoms with E-state index in [1.54, 1.807) is 36.4 Å². The predicted octanol–water partition coefficient (Wildman–Crippen LogP) is 3.59. The standard InChI is InChI=1S/C24H32N2O5S/c1-18-11-13-22(14-12-18)32(28,29)31-17-30-21-9-6-8-19(15-21)24(27)25-16-20-7-4-5-10-23(20)26(2)3/h6,8-9,11-15,20,23H,4-5,7,10,16-17H2,1-3H3,(H,25,27). The summed E-state index contributed by atoms with van der Waals surface area (Å²) in [5.74, 6) is 0.620. The Morgan fingerprint density at radius 2 is 1.81 bits per heavy atom. The summed E-state index contributed by atoms with van der Waals surface area (Å²) in [7, 11) is 0.265. The summed E-state index contributed by atoms with van der Waals surface area (Å²) >= 11 is 0. The van der Waals surface area contributed by atoms with Gasteiger partial charge in [0.2, 0.25) is 6.79 Å². The van der Waals surface area contributed by atoms with Crippen LogP contribution in [0.5, 0.6) is 5.75 Å². The minimum atomic E-state index is -3.92. The van der Waals surface area contributed by atoms with Gasteiger partial charge in [-0.2, -0.15) is 8.42 Å². The van der Waals surface area contributed by atoms with E-state index in [1.165, 1.54) is 25.0 Å². The molecule has 1 fully saturated rings. The number of carbonyl (C=O) groups is 1. The second kappa shape index (κ2) is 10.9. The second-order valence-corrected chi connectivity index (χ2v) is 10.1. The molecule has 0 aromatic heterocycles. The van der Waals surface area contributed by atoms with E-state index < -0.39 is 16.9 Å². The van der Waals surface area contributed by atoms with Crippen LogP contribution >= 0.6 is 0 Å². The number of ether oxygens (including phenoxy) is 1. The summed E-state index contributed by atoms with van der Waals surface area (Å²) in [5.41, 5.74) is 1.41. The average molecular weight is 461 g/mol. The highest BCUT2D eigenvalue weighted by Crippen LogP contribution is 2.27. The van der Waals surface area contributed by atoms with E-state index in [9.17, 15) is 13.2 Å². The van der Waals surface area contributed by atoms with E-state index in [1.807, 2.05) is 6.92 Å². The van der Waals surface area contributed by atoms with Gasteiger partial charge in [-0.3, -0.25) is 4.79 Å². The summed E-state index contributed by atoms with van der Waals surface area (Å²) < 4.78 is 34.9. The van der Waals surface area contributed by atoms with Crippen molar-refractivity contribution < 1.29 is 22.1 Å². The quantitative estimate of drug-likeness (QED) is 0.455. The molecule has 0 spiro atoms. The molecule has 0 saturated heterocycles. The first-order chi connectivity index (χ1) is 15.3. The van der Waals surface area contributed by atoms with Crippen molar-refractivity contribution in [2.24, 2.45) is 5.92 Å². The van der Waals surface area contributed by atoms with Crippen LogP contribution in [-0.4, -0.2) is 52.7 Å². The summed E-state index contributed by atoms with van der Waals surface area (Å²) in [5, 5.41) is 3.04. The molecule has 2 atom stereocenters. The van der Waals surface area contributed by atoms with E-state index in [2.05, 4.69) is 24.3 Å². The zero-order valence-electron chi connectivity index (χ0n) is 18.9. The molecule has 1 amide bonds. The molecule has 0 heterocycles. The lowest BCUT2D eigenvalue weighted by Gasteiger charge is -2.36. The number of nitrogens with zero attached hydrogens (tertiary/aromatic N) is 1. The van der Waals surface area contributed by atoms with Gasteiger partial charge in [-0.25, -0.2) is 4.18 Å². The Morgan fingerprint density at radius 3 is 2.53 bits per heavy atom. The fourth-order valence-corrected chi connectivity index (χ4v) is 4.87. The molecule has 2 aromatic rings. The van der Waals surface area contributed by atoms with Crippen LogP contribution in [0, 0.1) is 12.8 Å². The van der Waals surface area contributed by atoms with Crippen molar-refractivity contribution in [3.05, 3.63) is 59.7 Å². The molecule has 0 radical (unpaired) electrons. The minimum absolute atomic E-state index is 0.0681. The number of nitrogens with one attached hydrogen (secondary N) is 1. The highest BCUT2D eigenvalue weighted by atomic mass is 32.2. The Kier molecular flexibility index (Phi) is 8.28. The van der Waals surface area contributed by atoms with E-state index in [0.717, 1.165) is 18.4 Å². The zero-order chi connectivity index (χ0) is 23.1. The fourth-order valence-electron chi connectivity index (χ4n) is 4.09. The number of hydrogen-bond donors (Lipinski definition) is 1. The van der Waals surface area contributed by atoms with Crippen LogP contribution in [-0.2, 0) is 14.3 Å². The number of aryl methyl sites for hydroxylation is 1. The van der Waals surface area contributed by atoms with Crippen molar-refractivity contribution in [1.29, 1.82) is 0 Å². The third-order valence-electron chi connectivity index (χ3n) is 5.89. The van der Waals surface area contributed by atoms with E-state index in [-0.39, 0.29) is 10.8 Å². The van der Waals surface area contributed by atoms with Gasteiger partial charge in [-0.05, 0) is 70.1 Å². The Bertz CT molecular complexity index is 1010. The molecular formula is C24H32N2O5S. The van der Waals surface area contributed by atoms with Crippen LogP contribution in [0.1, 0.15) is 41.6 Å². The van der Waals surface area contributed by atoms with Crippen LogP contribution < -0.4 is 10.1 Å². The Labute approximate surface area is 190 Å². The lowest BCUT2D eigenvalue weighted by Crippen LogP contribution is -2.43. The maximum Gasteiger partial charge on any atom is 0.300 e. The molecule has 2 unspecified atom stereocenters. The molecule has 2 aromatic carbocycles. The minimum Gasteiger partial charge on any atom is -0.466 e. The van der Waals surface area contributed by atoms with Gasteiger partial charge in [0.15, 0.2) is 0 Å². The van der Waals surface area contributed by atoms with E-state index in [0.29, 0.717) is 29.8 Å². The smallest absolute Gasteiger partial charge is 0.300 e. The summed E-state index contributed by atoms with van der Waals surface area (Å²) in [6, 6.07) is 13.5. The monoisotopic (exact) mass is 460 g/mol. The number of hydrogen-bond acceptors (Lipinski definition) is 6. The van der Waals surface area contributed by atoms with Gasteiger partial charge >= 0.3 is 0 Å². The average Bonchev–Trinajstić information content (AvgIpc) is 2.78. The molecule has 0 aliphatic heterocycles. The van der Waals surface area contributed by atoms with Crippen LogP contribution in [0.15, 0.2) is 53.4 Å². The Morgan fingerprint density at radius 1 is 1.09 bits per heavy atom.